The van der Waals surface area contributed by atoms with Crippen LogP contribution < -0.4 is 10.6 Å². The predicted molar refractivity (Wildman–Crippen MR) is 84.2 cm³/mol. The molecule has 2 N–H and O–H groups in total. The van der Waals surface area contributed by atoms with Crippen molar-refractivity contribution in [3.05, 3.63) is 65.7 Å². The van der Waals surface area contributed by atoms with Gasteiger partial charge in [-0.3, -0.25) is 9.78 Å². The van der Waals surface area contributed by atoms with Gasteiger partial charge in [0.25, 0.3) is 0 Å². The summed E-state index contributed by atoms with van der Waals surface area (Å²) < 4.78 is 13.5. The molecule has 1 amide bonds. The van der Waals surface area contributed by atoms with Crippen LogP contribution in [0, 0.1) is 11.7 Å². The first-order valence-electron chi connectivity index (χ1n) is 6.91. The van der Waals surface area contributed by atoms with E-state index in [0.717, 1.165) is 0 Å². The van der Waals surface area contributed by atoms with Gasteiger partial charge in [0.1, 0.15) is 5.82 Å². The zero-order valence-electron chi connectivity index (χ0n) is 11.8. The molecule has 4 nitrogen and oxygen atoms in total. The third kappa shape index (κ3) is 3.61. The summed E-state index contributed by atoms with van der Waals surface area (Å²) in [6.07, 6.45) is 1.67. The second-order valence-corrected chi connectivity index (χ2v) is 5.11. The van der Waals surface area contributed by atoms with Crippen LogP contribution in [0.4, 0.5) is 4.39 Å². The maximum absolute atomic E-state index is 13.5. The molecule has 3 rings (SSSR count). The lowest BCUT2D eigenvalue weighted by Crippen LogP contribution is -2.51. The fourth-order valence-corrected chi connectivity index (χ4v) is 2.30. The van der Waals surface area contributed by atoms with E-state index in [1.165, 1.54) is 12.1 Å². The second kappa shape index (κ2) is 7.33. The van der Waals surface area contributed by atoms with E-state index >= 15 is 0 Å². The van der Waals surface area contributed by atoms with E-state index in [1.807, 2.05) is 18.2 Å². The molecule has 0 aliphatic carbocycles. The fourth-order valence-electron chi connectivity index (χ4n) is 2.30. The van der Waals surface area contributed by atoms with Crippen LogP contribution in [0.15, 0.2) is 48.7 Å². The maximum Gasteiger partial charge on any atom is 0.226 e. The Morgan fingerprint density at radius 2 is 2.09 bits per heavy atom. The number of pyridine rings is 1. The number of halogens is 2. The Hall–Kier alpha value is -1.98. The number of amides is 1. The predicted octanol–water partition coefficient (Wildman–Crippen LogP) is 2.07. The summed E-state index contributed by atoms with van der Waals surface area (Å²) in [4.78, 5) is 16.5. The molecule has 0 saturated carbocycles. The summed E-state index contributed by atoms with van der Waals surface area (Å²) in [7, 11) is 0. The van der Waals surface area contributed by atoms with E-state index in [4.69, 9.17) is 0 Å². The van der Waals surface area contributed by atoms with Gasteiger partial charge in [0.05, 0.1) is 17.7 Å². The summed E-state index contributed by atoms with van der Waals surface area (Å²) in [5.74, 6) is -0.383. The molecule has 0 spiro atoms. The smallest absolute Gasteiger partial charge is 0.226 e. The summed E-state index contributed by atoms with van der Waals surface area (Å²) in [5, 5.41) is 6.04. The van der Waals surface area contributed by atoms with Crippen LogP contribution in [-0.4, -0.2) is 24.0 Å². The van der Waals surface area contributed by atoms with Gasteiger partial charge < -0.3 is 10.6 Å². The monoisotopic (exact) mass is 321 g/mol. The van der Waals surface area contributed by atoms with Crippen molar-refractivity contribution in [1.29, 1.82) is 0 Å². The Morgan fingerprint density at radius 3 is 2.68 bits per heavy atom. The highest BCUT2D eigenvalue weighted by molar-refractivity contribution is 5.85. The van der Waals surface area contributed by atoms with Crippen molar-refractivity contribution in [2.45, 2.75) is 6.04 Å². The Labute approximate surface area is 134 Å². The van der Waals surface area contributed by atoms with E-state index in [0.29, 0.717) is 24.3 Å². The van der Waals surface area contributed by atoms with E-state index < -0.39 is 6.04 Å². The van der Waals surface area contributed by atoms with Gasteiger partial charge >= 0.3 is 0 Å². The highest BCUT2D eigenvalue weighted by Crippen LogP contribution is 2.22. The number of aromatic nitrogens is 1. The molecule has 1 atom stereocenters. The lowest BCUT2D eigenvalue weighted by atomic mass is 9.99. The zero-order chi connectivity index (χ0) is 14.7. The molecule has 6 heteroatoms. The molecule has 22 heavy (non-hydrogen) atoms. The maximum atomic E-state index is 13.5. The molecule has 1 aliphatic rings. The van der Waals surface area contributed by atoms with Gasteiger partial charge in [-0.25, -0.2) is 4.39 Å². The molecule has 1 saturated heterocycles. The first-order chi connectivity index (χ1) is 10.2. The molecule has 1 aliphatic heterocycles. The first kappa shape index (κ1) is 16.4. The van der Waals surface area contributed by atoms with Crippen LogP contribution in [0.25, 0.3) is 0 Å². The van der Waals surface area contributed by atoms with Crippen molar-refractivity contribution >= 4 is 18.3 Å². The van der Waals surface area contributed by atoms with Crippen molar-refractivity contribution in [3.63, 3.8) is 0 Å². The van der Waals surface area contributed by atoms with Crippen LogP contribution in [0.1, 0.15) is 17.3 Å². The highest BCUT2D eigenvalue weighted by atomic mass is 35.5. The quantitative estimate of drug-likeness (QED) is 0.906. The van der Waals surface area contributed by atoms with Gasteiger partial charge in [0.2, 0.25) is 5.91 Å². The topological polar surface area (TPSA) is 54.0 Å². The molecule has 116 valence electrons. The van der Waals surface area contributed by atoms with Crippen molar-refractivity contribution < 1.29 is 9.18 Å². The third-order valence-corrected chi connectivity index (χ3v) is 3.60. The first-order valence-corrected chi connectivity index (χ1v) is 6.91. The molecule has 0 radical (unpaired) electrons. The normalized spacial score (nSPS) is 15.3. The third-order valence-electron chi connectivity index (χ3n) is 3.60. The van der Waals surface area contributed by atoms with E-state index in [1.54, 1.807) is 18.3 Å². The average Bonchev–Trinajstić information content (AvgIpc) is 2.44. The van der Waals surface area contributed by atoms with Gasteiger partial charge in [-0.15, -0.1) is 12.4 Å². The average molecular weight is 322 g/mol. The summed E-state index contributed by atoms with van der Waals surface area (Å²) in [6.45, 7) is 1.37. The number of hydrogen-bond acceptors (Lipinski definition) is 3. The Balaban J connectivity index is 0.00000176. The number of nitrogens with one attached hydrogen (secondary N) is 2. The van der Waals surface area contributed by atoms with Crippen molar-refractivity contribution in [1.82, 2.24) is 15.6 Å². The standard InChI is InChI=1S/C16H16FN3O.ClH/c17-13-5-3-4-11(8-13)15(14-6-1-2-7-19-14)20-16(21)12-9-18-10-12;/h1-8,12,15,18H,9-10H2,(H,20,21);1H. The van der Waals surface area contributed by atoms with Gasteiger partial charge in [-0.2, -0.15) is 0 Å². The van der Waals surface area contributed by atoms with Crippen LogP contribution in [0.2, 0.25) is 0 Å². The minimum Gasteiger partial charge on any atom is -0.343 e. The summed E-state index contributed by atoms with van der Waals surface area (Å²) in [6, 6.07) is 11.3. The molecule has 1 fully saturated rings. The van der Waals surface area contributed by atoms with Gasteiger partial charge in [-0.05, 0) is 29.8 Å². The van der Waals surface area contributed by atoms with E-state index in [2.05, 4.69) is 15.6 Å². The van der Waals surface area contributed by atoms with Crippen LogP contribution in [-0.2, 0) is 4.79 Å². The zero-order valence-corrected chi connectivity index (χ0v) is 12.6. The summed E-state index contributed by atoms with van der Waals surface area (Å²) in [5.41, 5.74) is 1.39. The molecular weight excluding hydrogens is 305 g/mol. The fraction of sp³-hybridized carbons (Fsp3) is 0.250. The number of carbonyl (C=O) groups is 1. The van der Waals surface area contributed by atoms with Crippen molar-refractivity contribution in [2.75, 3.05) is 13.1 Å². The van der Waals surface area contributed by atoms with Crippen molar-refractivity contribution in [3.8, 4) is 0 Å². The summed E-state index contributed by atoms with van der Waals surface area (Å²) >= 11 is 0. The minimum atomic E-state index is -0.435. The van der Waals surface area contributed by atoms with Gasteiger partial charge in [0.15, 0.2) is 0 Å². The SMILES string of the molecule is Cl.O=C(NC(c1cccc(F)c1)c1ccccn1)C1CNC1. The van der Waals surface area contributed by atoms with Crippen LogP contribution in [0.3, 0.4) is 0 Å². The second-order valence-electron chi connectivity index (χ2n) is 5.11. The van der Waals surface area contributed by atoms with E-state index in [9.17, 15) is 9.18 Å². The largest absolute Gasteiger partial charge is 0.343 e. The molecule has 1 aromatic heterocycles. The number of hydrogen-bond donors (Lipinski definition) is 2. The molecule has 2 heterocycles. The number of nitrogens with zero attached hydrogens (tertiary/aromatic N) is 1. The lowest BCUT2D eigenvalue weighted by molar-refractivity contribution is -0.126. The number of carbonyl (C=O) groups excluding carboxylic acids is 1. The van der Waals surface area contributed by atoms with Crippen molar-refractivity contribution in [2.24, 2.45) is 5.92 Å². The molecule has 1 unspecified atom stereocenters. The number of benzene rings is 1. The van der Waals surface area contributed by atoms with Gasteiger partial charge in [-0.1, -0.05) is 18.2 Å². The molecular formula is C16H17ClFN3O. The Bertz CT molecular complexity index is 634. The lowest BCUT2D eigenvalue weighted by Gasteiger charge is -2.28. The minimum absolute atomic E-state index is 0. The highest BCUT2D eigenvalue weighted by Gasteiger charge is 2.28. The Morgan fingerprint density at radius 1 is 1.27 bits per heavy atom. The van der Waals surface area contributed by atoms with E-state index in [-0.39, 0.29) is 30.0 Å². The van der Waals surface area contributed by atoms with Gasteiger partial charge in [0, 0.05) is 19.3 Å². The Kier molecular flexibility index (Phi) is 5.46. The van der Waals surface area contributed by atoms with Crippen LogP contribution >= 0.6 is 12.4 Å². The molecule has 1 aromatic carbocycles. The molecule has 2 aromatic rings. The van der Waals surface area contributed by atoms with Crippen LogP contribution in [0.5, 0.6) is 0 Å². The number of rotatable bonds is 4. The molecule has 0 bridgehead atoms.